The molecule has 0 N–H and O–H groups in total. The van der Waals surface area contributed by atoms with E-state index in [1.165, 1.54) is 4.91 Å². The molecular weight excluding hydrogens is 250 g/mol. The van der Waals surface area contributed by atoms with Gasteiger partial charge in [0.15, 0.2) is 5.50 Å². The Kier molecular flexibility index (Phi) is 5.53. The number of carbonyl (C=O) groups excluding carboxylic acids is 1. The molecule has 1 aliphatic heterocycles. The topological polar surface area (TPSA) is 45.1 Å². The van der Waals surface area contributed by atoms with Gasteiger partial charge in [-0.1, -0.05) is 11.8 Å². The van der Waals surface area contributed by atoms with Crippen molar-refractivity contribution in [1.29, 1.82) is 0 Å². The van der Waals surface area contributed by atoms with E-state index in [2.05, 4.69) is 4.99 Å². The van der Waals surface area contributed by atoms with E-state index in [4.69, 9.17) is 4.74 Å². The Morgan fingerprint density at radius 2 is 2.22 bits per heavy atom. The zero-order valence-corrected chi connectivity index (χ0v) is 12.5. The maximum absolute atomic E-state index is 11.6. The second kappa shape index (κ2) is 6.68. The molecule has 0 aromatic heterocycles. The number of nitrogens with zero attached hydrogens (tertiary/aromatic N) is 3. The van der Waals surface area contributed by atoms with Gasteiger partial charge in [-0.15, -0.1) is 0 Å². The Hall–Kier alpha value is -1.17. The second-order valence-electron chi connectivity index (χ2n) is 4.25. The lowest BCUT2D eigenvalue weighted by Crippen LogP contribution is -2.33. The number of aliphatic imine (C=N–C) groups is 1. The highest BCUT2D eigenvalue weighted by molar-refractivity contribution is 8.03. The van der Waals surface area contributed by atoms with Crippen LogP contribution in [0.15, 0.2) is 15.6 Å². The van der Waals surface area contributed by atoms with Crippen molar-refractivity contribution in [3.05, 3.63) is 10.6 Å². The monoisotopic (exact) mass is 271 g/mol. The van der Waals surface area contributed by atoms with Crippen molar-refractivity contribution in [2.24, 2.45) is 4.99 Å². The van der Waals surface area contributed by atoms with Gasteiger partial charge < -0.3 is 14.5 Å². The number of thioether (sulfide) groups is 1. The molecular formula is C12H21N3O2S. The van der Waals surface area contributed by atoms with Gasteiger partial charge in [0.2, 0.25) is 0 Å². The quantitative estimate of drug-likeness (QED) is 0.433. The van der Waals surface area contributed by atoms with Crippen LogP contribution in [0.2, 0.25) is 0 Å². The van der Waals surface area contributed by atoms with E-state index in [0.717, 1.165) is 5.70 Å². The summed E-state index contributed by atoms with van der Waals surface area (Å²) >= 11 is 1.66. The van der Waals surface area contributed by atoms with Crippen molar-refractivity contribution < 1.29 is 9.53 Å². The van der Waals surface area contributed by atoms with Crippen LogP contribution in [0.4, 0.5) is 0 Å². The molecule has 1 rings (SSSR count). The Labute approximate surface area is 113 Å². The number of ether oxygens (including phenoxy) is 1. The first-order valence-electron chi connectivity index (χ1n) is 5.91. The fourth-order valence-electron chi connectivity index (χ4n) is 1.52. The molecule has 6 heteroatoms. The molecule has 0 aromatic carbocycles. The summed E-state index contributed by atoms with van der Waals surface area (Å²) in [6.07, 6.45) is 1.77. The van der Waals surface area contributed by atoms with Crippen LogP contribution in [0.25, 0.3) is 0 Å². The van der Waals surface area contributed by atoms with Gasteiger partial charge in [-0.3, -0.25) is 4.79 Å². The van der Waals surface area contributed by atoms with Gasteiger partial charge in [0.05, 0.1) is 12.9 Å². The van der Waals surface area contributed by atoms with Crippen LogP contribution < -0.4 is 0 Å². The van der Waals surface area contributed by atoms with E-state index in [1.807, 2.05) is 44.7 Å². The van der Waals surface area contributed by atoms with Crippen LogP contribution in [0.1, 0.15) is 20.8 Å². The lowest BCUT2D eigenvalue weighted by atomic mass is 10.4. The molecule has 1 atom stereocenters. The summed E-state index contributed by atoms with van der Waals surface area (Å²) in [6, 6.07) is 0. The third-order valence-corrected chi connectivity index (χ3v) is 3.76. The summed E-state index contributed by atoms with van der Waals surface area (Å²) in [5.41, 5.74) is 1.02. The molecule has 102 valence electrons. The zero-order valence-electron chi connectivity index (χ0n) is 11.6. The van der Waals surface area contributed by atoms with Crippen LogP contribution in [-0.4, -0.2) is 54.9 Å². The molecule has 18 heavy (non-hydrogen) atoms. The largest absolute Gasteiger partial charge is 0.465 e. The van der Waals surface area contributed by atoms with Gasteiger partial charge in [-0.25, -0.2) is 4.99 Å². The molecule has 1 heterocycles. The SMILES string of the molecule is CCOC(=O)CN1C(C)=C(C)SC1N=CN(C)C. The molecule has 5 nitrogen and oxygen atoms in total. The van der Waals surface area contributed by atoms with Crippen molar-refractivity contribution in [2.45, 2.75) is 26.3 Å². The first kappa shape index (κ1) is 14.9. The maximum atomic E-state index is 11.6. The summed E-state index contributed by atoms with van der Waals surface area (Å²) in [5, 5.41) is 0. The minimum atomic E-state index is -0.211. The van der Waals surface area contributed by atoms with Crippen molar-refractivity contribution >= 4 is 24.1 Å². The number of allylic oxidation sites excluding steroid dienone is 2. The van der Waals surface area contributed by atoms with E-state index < -0.39 is 0 Å². The van der Waals surface area contributed by atoms with E-state index in [9.17, 15) is 4.79 Å². The van der Waals surface area contributed by atoms with Gasteiger partial charge in [-0.2, -0.15) is 0 Å². The standard InChI is InChI=1S/C12H21N3O2S/c1-6-17-11(16)7-15-9(2)10(3)18-12(15)13-8-14(4)5/h8,12H,6-7H2,1-5H3. The Balaban J connectivity index is 2.72. The zero-order chi connectivity index (χ0) is 13.7. The Bertz CT molecular complexity index is 366. The maximum Gasteiger partial charge on any atom is 0.325 e. The van der Waals surface area contributed by atoms with Gasteiger partial charge in [0, 0.05) is 24.7 Å². The predicted octanol–water partition coefficient (Wildman–Crippen LogP) is 1.72. The highest BCUT2D eigenvalue weighted by atomic mass is 32.2. The molecule has 0 aromatic rings. The molecule has 0 fully saturated rings. The lowest BCUT2D eigenvalue weighted by Gasteiger charge is -2.23. The molecule has 0 saturated carbocycles. The number of hydrogen-bond donors (Lipinski definition) is 0. The first-order chi connectivity index (χ1) is 8.45. The van der Waals surface area contributed by atoms with Gasteiger partial charge in [0.25, 0.3) is 0 Å². The fraction of sp³-hybridized carbons (Fsp3) is 0.667. The third-order valence-electron chi connectivity index (χ3n) is 2.52. The minimum Gasteiger partial charge on any atom is -0.465 e. The molecule has 0 aliphatic carbocycles. The Morgan fingerprint density at radius 3 is 2.78 bits per heavy atom. The number of hydrogen-bond acceptors (Lipinski definition) is 5. The van der Waals surface area contributed by atoms with Gasteiger partial charge in [0.1, 0.15) is 6.54 Å². The fourth-order valence-corrected chi connectivity index (χ4v) is 2.60. The van der Waals surface area contributed by atoms with E-state index in [1.54, 1.807) is 18.1 Å². The molecule has 0 radical (unpaired) electrons. The number of rotatable bonds is 5. The summed E-state index contributed by atoms with van der Waals surface area (Å²) in [4.78, 5) is 21.1. The molecule has 0 amide bonds. The number of carbonyl (C=O) groups is 1. The van der Waals surface area contributed by atoms with E-state index in [0.29, 0.717) is 6.61 Å². The van der Waals surface area contributed by atoms with Crippen LogP contribution in [0.3, 0.4) is 0 Å². The summed E-state index contributed by atoms with van der Waals surface area (Å²) < 4.78 is 4.99. The predicted molar refractivity (Wildman–Crippen MR) is 75.3 cm³/mol. The molecule has 1 unspecified atom stereocenters. The average molecular weight is 271 g/mol. The lowest BCUT2D eigenvalue weighted by molar-refractivity contribution is -0.144. The summed E-state index contributed by atoms with van der Waals surface area (Å²) in [6.45, 7) is 6.52. The van der Waals surface area contributed by atoms with Crippen LogP contribution in [0, 0.1) is 0 Å². The van der Waals surface area contributed by atoms with E-state index >= 15 is 0 Å². The number of esters is 1. The van der Waals surface area contributed by atoms with Crippen molar-refractivity contribution in [2.75, 3.05) is 27.2 Å². The summed E-state index contributed by atoms with van der Waals surface area (Å²) in [7, 11) is 3.85. The molecule has 0 bridgehead atoms. The third kappa shape index (κ3) is 3.94. The van der Waals surface area contributed by atoms with Gasteiger partial charge >= 0.3 is 5.97 Å². The second-order valence-corrected chi connectivity index (χ2v) is 5.52. The highest BCUT2D eigenvalue weighted by Crippen LogP contribution is 2.37. The van der Waals surface area contributed by atoms with Crippen molar-refractivity contribution in [3.63, 3.8) is 0 Å². The average Bonchev–Trinajstić information content (AvgIpc) is 2.54. The van der Waals surface area contributed by atoms with Crippen molar-refractivity contribution in [1.82, 2.24) is 9.80 Å². The van der Waals surface area contributed by atoms with Crippen LogP contribution in [0.5, 0.6) is 0 Å². The van der Waals surface area contributed by atoms with E-state index in [-0.39, 0.29) is 18.0 Å². The van der Waals surface area contributed by atoms with Crippen molar-refractivity contribution in [3.8, 4) is 0 Å². The Morgan fingerprint density at radius 1 is 1.56 bits per heavy atom. The van der Waals surface area contributed by atoms with Crippen LogP contribution >= 0.6 is 11.8 Å². The minimum absolute atomic E-state index is 0.0724. The normalized spacial score (nSPS) is 19.8. The summed E-state index contributed by atoms with van der Waals surface area (Å²) in [5.74, 6) is -0.211. The first-order valence-corrected chi connectivity index (χ1v) is 6.79. The van der Waals surface area contributed by atoms with Crippen LogP contribution in [-0.2, 0) is 9.53 Å². The molecule has 0 spiro atoms. The smallest absolute Gasteiger partial charge is 0.325 e. The molecule has 0 saturated heterocycles. The van der Waals surface area contributed by atoms with Gasteiger partial charge in [-0.05, 0) is 20.8 Å². The highest BCUT2D eigenvalue weighted by Gasteiger charge is 2.29. The molecule has 1 aliphatic rings.